The topological polar surface area (TPSA) is 54.9 Å². The van der Waals surface area contributed by atoms with Gasteiger partial charge in [0.1, 0.15) is 18.2 Å². The van der Waals surface area contributed by atoms with Crippen molar-refractivity contribution in [3.05, 3.63) is 65.0 Å². The van der Waals surface area contributed by atoms with Gasteiger partial charge in [-0.05, 0) is 48.7 Å². The van der Waals surface area contributed by atoms with Gasteiger partial charge in [-0.1, -0.05) is 24.3 Å². The van der Waals surface area contributed by atoms with Crippen molar-refractivity contribution < 1.29 is 13.9 Å². The molecule has 27 heavy (non-hydrogen) atoms. The molecule has 146 valence electrons. The van der Waals surface area contributed by atoms with Crippen molar-refractivity contribution in [3.8, 4) is 5.75 Å². The van der Waals surface area contributed by atoms with Gasteiger partial charge in [-0.2, -0.15) is 0 Å². The van der Waals surface area contributed by atoms with Crippen molar-refractivity contribution in [2.45, 2.75) is 26.9 Å². The third-order valence-corrected chi connectivity index (χ3v) is 3.91. The number of guanidine groups is 1. The highest BCUT2D eigenvalue weighted by atomic mass is 19.1. The lowest BCUT2D eigenvalue weighted by molar-refractivity contribution is 0.146. The summed E-state index contributed by atoms with van der Waals surface area (Å²) < 4.78 is 24.3. The van der Waals surface area contributed by atoms with E-state index in [0.29, 0.717) is 37.8 Å². The Balaban J connectivity index is 1.96. The molecule has 0 unspecified atom stereocenters. The average Bonchev–Trinajstić information content (AvgIpc) is 2.67. The Labute approximate surface area is 160 Å². The van der Waals surface area contributed by atoms with E-state index in [9.17, 15) is 4.39 Å². The number of halogens is 1. The summed E-state index contributed by atoms with van der Waals surface area (Å²) in [7, 11) is 1.65. The molecule has 0 aliphatic rings. The summed E-state index contributed by atoms with van der Waals surface area (Å²) in [6.45, 7) is 6.59. The number of nitrogens with one attached hydrogen (secondary N) is 2. The van der Waals surface area contributed by atoms with Crippen LogP contribution in [-0.4, -0.2) is 32.8 Å². The molecular formula is C21H28FN3O2. The second-order valence-corrected chi connectivity index (χ2v) is 6.12. The van der Waals surface area contributed by atoms with Crippen LogP contribution in [0.4, 0.5) is 4.39 Å². The number of benzene rings is 2. The normalized spacial score (nSPS) is 11.3. The van der Waals surface area contributed by atoms with Crippen molar-refractivity contribution in [3.63, 3.8) is 0 Å². The van der Waals surface area contributed by atoms with Crippen LogP contribution in [0, 0.1) is 12.7 Å². The molecular weight excluding hydrogens is 345 g/mol. The smallest absolute Gasteiger partial charge is 0.191 e. The van der Waals surface area contributed by atoms with Gasteiger partial charge >= 0.3 is 0 Å². The van der Waals surface area contributed by atoms with Crippen LogP contribution in [0.15, 0.2) is 47.5 Å². The molecule has 0 aliphatic carbocycles. The molecule has 0 atom stereocenters. The lowest BCUT2D eigenvalue weighted by Gasteiger charge is -2.12. The van der Waals surface area contributed by atoms with E-state index in [-0.39, 0.29) is 5.82 Å². The molecule has 5 nitrogen and oxygen atoms in total. The monoisotopic (exact) mass is 373 g/mol. The molecule has 0 bridgehead atoms. The lowest BCUT2D eigenvalue weighted by atomic mass is 10.1. The summed E-state index contributed by atoms with van der Waals surface area (Å²) in [5.74, 6) is 1.29. The highest BCUT2D eigenvalue weighted by Gasteiger charge is 2.03. The maximum absolute atomic E-state index is 13.7. The Bertz CT molecular complexity index is 750. The molecule has 0 spiro atoms. The van der Waals surface area contributed by atoms with E-state index < -0.39 is 0 Å². The first-order chi connectivity index (χ1) is 13.1. The largest absolute Gasteiger partial charge is 0.491 e. The van der Waals surface area contributed by atoms with Gasteiger partial charge < -0.3 is 20.1 Å². The number of methoxy groups -OCH3 is 1. The van der Waals surface area contributed by atoms with Crippen molar-refractivity contribution in [2.75, 3.05) is 26.9 Å². The van der Waals surface area contributed by atoms with Crippen LogP contribution in [0.1, 0.15) is 23.6 Å². The minimum atomic E-state index is -0.193. The molecule has 0 saturated heterocycles. The number of ether oxygens (including phenoxy) is 2. The van der Waals surface area contributed by atoms with Crippen LogP contribution in [0.25, 0.3) is 0 Å². The molecule has 0 fully saturated rings. The number of nitrogens with zero attached hydrogens (tertiary/aromatic N) is 1. The molecule has 2 N–H and O–H groups in total. The summed E-state index contributed by atoms with van der Waals surface area (Å²) in [4.78, 5) is 4.60. The first-order valence-corrected chi connectivity index (χ1v) is 9.10. The predicted octanol–water partition coefficient (Wildman–Crippen LogP) is 3.41. The summed E-state index contributed by atoms with van der Waals surface area (Å²) in [5, 5.41) is 6.44. The highest BCUT2D eigenvalue weighted by molar-refractivity contribution is 5.79. The molecule has 2 aromatic rings. The zero-order valence-electron chi connectivity index (χ0n) is 16.2. The maximum atomic E-state index is 13.7. The molecule has 6 heteroatoms. The summed E-state index contributed by atoms with van der Waals surface area (Å²) in [5.41, 5.74) is 2.56. The van der Waals surface area contributed by atoms with Gasteiger partial charge in [0, 0.05) is 20.2 Å². The van der Waals surface area contributed by atoms with Gasteiger partial charge in [0.25, 0.3) is 0 Å². The second kappa shape index (κ2) is 11.2. The van der Waals surface area contributed by atoms with Gasteiger partial charge in [0.2, 0.25) is 0 Å². The Morgan fingerprint density at radius 2 is 1.93 bits per heavy atom. The van der Waals surface area contributed by atoms with E-state index in [1.165, 1.54) is 0 Å². The third-order valence-electron chi connectivity index (χ3n) is 3.91. The van der Waals surface area contributed by atoms with Crippen molar-refractivity contribution in [1.82, 2.24) is 10.6 Å². The van der Waals surface area contributed by atoms with Crippen molar-refractivity contribution in [1.29, 1.82) is 0 Å². The van der Waals surface area contributed by atoms with Gasteiger partial charge in [-0.3, -0.25) is 0 Å². The van der Waals surface area contributed by atoms with Crippen LogP contribution in [0.2, 0.25) is 0 Å². The molecule has 0 radical (unpaired) electrons. The Hall–Kier alpha value is -2.60. The maximum Gasteiger partial charge on any atom is 0.191 e. The average molecular weight is 373 g/mol. The fraction of sp³-hybridized carbons (Fsp3) is 0.381. The van der Waals surface area contributed by atoms with Gasteiger partial charge in [0.15, 0.2) is 5.96 Å². The SMILES string of the molecule is CCNC(=NCc1cccc(OCCOC)c1)NCc1ccc(C)c(F)c1. The lowest BCUT2D eigenvalue weighted by Crippen LogP contribution is -2.36. The van der Waals surface area contributed by atoms with Crippen LogP contribution in [0.5, 0.6) is 5.75 Å². The van der Waals surface area contributed by atoms with E-state index in [1.807, 2.05) is 37.3 Å². The number of aliphatic imine (C=N–C) groups is 1. The molecule has 0 heterocycles. The Kier molecular flexibility index (Phi) is 8.58. The van der Waals surface area contributed by atoms with Gasteiger partial charge in [-0.15, -0.1) is 0 Å². The summed E-state index contributed by atoms with van der Waals surface area (Å²) in [6.07, 6.45) is 0. The second-order valence-electron chi connectivity index (χ2n) is 6.12. The molecule has 2 rings (SSSR count). The first-order valence-electron chi connectivity index (χ1n) is 9.10. The van der Waals surface area contributed by atoms with Crippen LogP contribution >= 0.6 is 0 Å². The van der Waals surface area contributed by atoms with Crippen LogP contribution in [-0.2, 0) is 17.8 Å². The van der Waals surface area contributed by atoms with Gasteiger partial charge in [0.05, 0.1) is 13.2 Å². The van der Waals surface area contributed by atoms with Crippen molar-refractivity contribution in [2.24, 2.45) is 4.99 Å². The van der Waals surface area contributed by atoms with Crippen molar-refractivity contribution >= 4 is 5.96 Å². The first kappa shape index (κ1) is 20.7. The standard InChI is InChI=1S/C21H28FN3O2/c1-4-23-21(25-15-18-9-8-16(2)20(22)13-18)24-14-17-6-5-7-19(12-17)27-11-10-26-3/h5-9,12-13H,4,10-11,14-15H2,1-3H3,(H2,23,24,25). The summed E-state index contributed by atoms with van der Waals surface area (Å²) >= 11 is 0. The summed E-state index contributed by atoms with van der Waals surface area (Å²) in [6, 6.07) is 13.1. The van der Waals surface area contributed by atoms with E-state index in [2.05, 4.69) is 15.6 Å². The van der Waals surface area contributed by atoms with E-state index in [1.54, 1.807) is 26.2 Å². The van der Waals surface area contributed by atoms with E-state index in [0.717, 1.165) is 23.4 Å². The van der Waals surface area contributed by atoms with Gasteiger partial charge in [-0.25, -0.2) is 9.38 Å². The fourth-order valence-electron chi connectivity index (χ4n) is 2.42. The van der Waals surface area contributed by atoms with Crippen LogP contribution in [0.3, 0.4) is 0 Å². The number of hydrogen-bond acceptors (Lipinski definition) is 3. The minimum Gasteiger partial charge on any atom is -0.491 e. The highest BCUT2D eigenvalue weighted by Crippen LogP contribution is 2.14. The molecule has 0 aromatic heterocycles. The third kappa shape index (κ3) is 7.27. The zero-order chi connectivity index (χ0) is 19.5. The molecule has 0 aliphatic heterocycles. The molecule has 0 amide bonds. The fourth-order valence-corrected chi connectivity index (χ4v) is 2.42. The molecule has 2 aromatic carbocycles. The molecule has 0 saturated carbocycles. The Morgan fingerprint density at radius 1 is 1.07 bits per heavy atom. The quantitative estimate of drug-likeness (QED) is 0.402. The Morgan fingerprint density at radius 3 is 2.67 bits per heavy atom. The predicted molar refractivity (Wildman–Crippen MR) is 107 cm³/mol. The van der Waals surface area contributed by atoms with E-state index >= 15 is 0 Å². The number of hydrogen-bond donors (Lipinski definition) is 2. The van der Waals surface area contributed by atoms with E-state index in [4.69, 9.17) is 9.47 Å². The number of rotatable bonds is 9. The van der Waals surface area contributed by atoms with Crippen LogP contribution < -0.4 is 15.4 Å². The zero-order valence-corrected chi connectivity index (χ0v) is 16.2. The minimum absolute atomic E-state index is 0.193. The number of aryl methyl sites for hydroxylation is 1.